The topological polar surface area (TPSA) is 12.5 Å². The van der Waals surface area contributed by atoms with Crippen LogP contribution in [-0.4, -0.2) is 7.11 Å². The molecule has 38 heavy (non-hydrogen) atoms. The molecule has 0 spiro atoms. The van der Waals surface area contributed by atoms with E-state index < -0.39 is 0 Å². The summed E-state index contributed by atoms with van der Waals surface area (Å²) in [5, 5.41) is 2.46. The predicted octanol–water partition coefficient (Wildman–Crippen LogP) is 10.1. The summed E-state index contributed by atoms with van der Waals surface area (Å²) in [4.78, 5) is 2.35. The third-order valence-corrected chi connectivity index (χ3v) is 6.90. The van der Waals surface area contributed by atoms with Gasteiger partial charge in [-0.2, -0.15) is 0 Å². The molecule has 0 unspecified atom stereocenters. The number of hydrogen-bond acceptors (Lipinski definition) is 2. The van der Waals surface area contributed by atoms with Crippen LogP contribution < -0.4 is 9.64 Å². The van der Waals surface area contributed by atoms with Crippen molar-refractivity contribution in [3.8, 4) is 5.75 Å². The Bertz CT molecular complexity index is 1550. The van der Waals surface area contributed by atoms with Crippen LogP contribution in [0.4, 0.5) is 17.1 Å². The molecule has 5 aromatic carbocycles. The predicted molar refractivity (Wildman–Crippen MR) is 164 cm³/mol. The molecule has 188 valence electrons. The van der Waals surface area contributed by atoms with Gasteiger partial charge in [-0.15, -0.1) is 0 Å². The summed E-state index contributed by atoms with van der Waals surface area (Å²) in [5.74, 6) is 0.866. The fourth-order valence-corrected chi connectivity index (χ4v) is 4.75. The monoisotopic (exact) mass is 495 g/mol. The number of hydrogen-bond donors (Lipinski definition) is 0. The molecule has 5 rings (SSSR count). The molecule has 0 amide bonds. The zero-order valence-corrected chi connectivity index (χ0v) is 22.5. The summed E-state index contributed by atoms with van der Waals surface area (Å²) in [5.41, 5.74) is 9.55. The number of rotatable bonds is 7. The number of nitrogens with zero attached hydrogens (tertiary/aromatic N) is 1. The van der Waals surface area contributed by atoms with Crippen molar-refractivity contribution in [1.29, 1.82) is 0 Å². The summed E-state index contributed by atoms with van der Waals surface area (Å²) in [6, 6.07) is 38.8. The average Bonchev–Trinajstić information content (AvgIpc) is 2.95. The Hall–Kier alpha value is -4.56. The molecule has 0 heterocycles. The second kappa shape index (κ2) is 11.2. The van der Waals surface area contributed by atoms with Gasteiger partial charge in [-0.1, -0.05) is 96.1 Å². The highest BCUT2D eigenvalue weighted by molar-refractivity contribution is 6.04. The lowest BCUT2D eigenvalue weighted by Gasteiger charge is -2.27. The zero-order valence-electron chi connectivity index (χ0n) is 22.5. The van der Waals surface area contributed by atoms with Gasteiger partial charge < -0.3 is 9.64 Å². The van der Waals surface area contributed by atoms with Gasteiger partial charge >= 0.3 is 0 Å². The van der Waals surface area contributed by atoms with Crippen LogP contribution in [0.2, 0.25) is 0 Å². The average molecular weight is 496 g/mol. The van der Waals surface area contributed by atoms with Crippen molar-refractivity contribution in [3.63, 3.8) is 0 Å². The van der Waals surface area contributed by atoms with Crippen molar-refractivity contribution < 1.29 is 4.74 Å². The highest BCUT2D eigenvalue weighted by Gasteiger charge is 2.16. The van der Waals surface area contributed by atoms with E-state index in [9.17, 15) is 0 Å². The minimum atomic E-state index is 0.866. The summed E-state index contributed by atoms with van der Waals surface area (Å²) in [7, 11) is 1.69. The maximum atomic E-state index is 5.26. The molecule has 0 aliphatic heterocycles. The highest BCUT2D eigenvalue weighted by Crippen LogP contribution is 2.41. The number of aryl methyl sites for hydroxylation is 2. The third-order valence-electron chi connectivity index (χ3n) is 6.90. The van der Waals surface area contributed by atoms with Crippen LogP contribution in [0.15, 0.2) is 121 Å². The van der Waals surface area contributed by atoms with Gasteiger partial charge in [-0.05, 0) is 85.3 Å². The van der Waals surface area contributed by atoms with Crippen LogP contribution in [0.1, 0.15) is 29.2 Å². The third kappa shape index (κ3) is 5.40. The van der Waals surface area contributed by atoms with Crippen molar-refractivity contribution in [3.05, 3.63) is 144 Å². The zero-order chi connectivity index (χ0) is 26.5. The Morgan fingerprint density at radius 1 is 0.658 bits per heavy atom. The normalized spacial score (nSPS) is 11.7. The Labute approximate surface area is 226 Å². The SMILES string of the molecule is COc1ccc(C=CC=C(C)c2ccc(N(c3ccc(C)cc3)c3ccc(C)cc3)c3ccccc23)cc1. The van der Waals surface area contributed by atoms with E-state index in [1.165, 1.54) is 38.7 Å². The Morgan fingerprint density at radius 3 is 1.82 bits per heavy atom. The standard InChI is InChI=1S/C36H33NO/c1-26-12-18-30(19-13-26)37(31-20-14-27(2)15-21-31)36-25-24-33(34-10-5-6-11-35(34)36)28(3)8-7-9-29-16-22-32(38-4)23-17-29/h5-25H,1-4H3. The minimum Gasteiger partial charge on any atom is -0.497 e. The Kier molecular flexibility index (Phi) is 7.42. The molecule has 0 fully saturated rings. The summed E-state index contributed by atoms with van der Waals surface area (Å²) >= 11 is 0. The van der Waals surface area contributed by atoms with E-state index in [0.717, 1.165) is 22.7 Å². The first-order valence-corrected chi connectivity index (χ1v) is 13.0. The van der Waals surface area contributed by atoms with Crippen molar-refractivity contribution in [2.45, 2.75) is 20.8 Å². The van der Waals surface area contributed by atoms with E-state index in [4.69, 9.17) is 4.74 Å². The van der Waals surface area contributed by atoms with Gasteiger partial charge in [0, 0.05) is 16.8 Å². The lowest BCUT2D eigenvalue weighted by atomic mass is 9.96. The molecule has 0 saturated heterocycles. The van der Waals surface area contributed by atoms with Gasteiger partial charge in [0.05, 0.1) is 12.8 Å². The Morgan fingerprint density at radius 2 is 1.24 bits per heavy atom. The van der Waals surface area contributed by atoms with Crippen LogP contribution in [0.3, 0.4) is 0 Å². The molecule has 0 radical (unpaired) electrons. The van der Waals surface area contributed by atoms with Gasteiger partial charge in [-0.25, -0.2) is 0 Å². The van der Waals surface area contributed by atoms with E-state index in [-0.39, 0.29) is 0 Å². The first kappa shape index (κ1) is 25.1. The number of fused-ring (bicyclic) bond motifs is 1. The fraction of sp³-hybridized carbons (Fsp3) is 0.111. The van der Waals surface area contributed by atoms with Gasteiger partial charge in [0.1, 0.15) is 5.75 Å². The lowest BCUT2D eigenvalue weighted by Crippen LogP contribution is -2.10. The molecule has 0 saturated carbocycles. The molecule has 0 aliphatic carbocycles. The summed E-state index contributed by atoms with van der Waals surface area (Å²) in [6.45, 7) is 6.43. The van der Waals surface area contributed by atoms with Crippen molar-refractivity contribution >= 4 is 39.5 Å². The largest absolute Gasteiger partial charge is 0.497 e. The van der Waals surface area contributed by atoms with Crippen molar-refractivity contribution in [1.82, 2.24) is 0 Å². The second-order valence-electron chi connectivity index (χ2n) is 9.67. The van der Waals surface area contributed by atoms with Crippen molar-refractivity contribution in [2.75, 3.05) is 12.0 Å². The van der Waals surface area contributed by atoms with Crippen LogP contribution in [0, 0.1) is 13.8 Å². The van der Waals surface area contributed by atoms with Crippen LogP contribution in [-0.2, 0) is 0 Å². The first-order chi connectivity index (χ1) is 18.5. The maximum absolute atomic E-state index is 5.26. The number of ether oxygens (including phenoxy) is 1. The lowest BCUT2D eigenvalue weighted by molar-refractivity contribution is 0.415. The molecule has 0 bridgehead atoms. The molecular formula is C36H33NO. The summed E-state index contributed by atoms with van der Waals surface area (Å²) in [6.07, 6.45) is 6.42. The van der Waals surface area contributed by atoms with Crippen LogP contribution >= 0.6 is 0 Å². The van der Waals surface area contributed by atoms with E-state index in [0.29, 0.717) is 0 Å². The summed E-state index contributed by atoms with van der Waals surface area (Å²) < 4.78 is 5.26. The first-order valence-electron chi connectivity index (χ1n) is 13.0. The fourth-order valence-electron chi connectivity index (χ4n) is 4.75. The molecule has 2 heteroatoms. The van der Waals surface area contributed by atoms with Crippen LogP contribution in [0.5, 0.6) is 5.75 Å². The van der Waals surface area contributed by atoms with E-state index in [1.54, 1.807) is 7.11 Å². The number of anilines is 3. The quantitative estimate of drug-likeness (QED) is 0.208. The number of methoxy groups -OCH3 is 1. The van der Waals surface area contributed by atoms with E-state index in [2.05, 4.69) is 141 Å². The number of allylic oxidation sites excluding steroid dienone is 3. The number of benzene rings is 5. The minimum absolute atomic E-state index is 0.866. The van der Waals surface area contributed by atoms with Gasteiger partial charge in [0.2, 0.25) is 0 Å². The molecule has 2 nitrogen and oxygen atoms in total. The smallest absolute Gasteiger partial charge is 0.118 e. The Balaban J connectivity index is 1.57. The van der Waals surface area contributed by atoms with Crippen LogP contribution in [0.25, 0.3) is 22.4 Å². The van der Waals surface area contributed by atoms with Gasteiger partial charge in [0.25, 0.3) is 0 Å². The molecule has 0 N–H and O–H groups in total. The molecule has 0 aliphatic rings. The van der Waals surface area contributed by atoms with E-state index in [1.807, 2.05) is 12.1 Å². The highest BCUT2D eigenvalue weighted by atomic mass is 16.5. The van der Waals surface area contributed by atoms with Gasteiger partial charge in [0.15, 0.2) is 0 Å². The molecular weight excluding hydrogens is 462 g/mol. The molecule has 5 aromatic rings. The molecule has 0 atom stereocenters. The maximum Gasteiger partial charge on any atom is 0.118 e. The second-order valence-corrected chi connectivity index (χ2v) is 9.67. The van der Waals surface area contributed by atoms with Crippen molar-refractivity contribution in [2.24, 2.45) is 0 Å². The van der Waals surface area contributed by atoms with Gasteiger partial charge in [-0.3, -0.25) is 0 Å². The molecule has 0 aromatic heterocycles. The van der Waals surface area contributed by atoms with E-state index >= 15 is 0 Å².